The summed E-state index contributed by atoms with van der Waals surface area (Å²) in [5.74, 6) is 0.857. The summed E-state index contributed by atoms with van der Waals surface area (Å²) in [4.78, 5) is 7.97. The van der Waals surface area contributed by atoms with Crippen LogP contribution in [-0.4, -0.2) is 21.2 Å². The van der Waals surface area contributed by atoms with Crippen molar-refractivity contribution >= 4 is 46.8 Å². The molecular formula is C17H16Cl2N2OS. The van der Waals surface area contributed by atoms with E-state index in [0.29, 0.717) is 0 Å². The molecule has 2 heterocycles. The van der Waals surface area contributed by atoms with Crippen LogP contribution in [0.5, 0.6) is 0 Å². The smallest absolute Gasteiger partial charge is 0.123 e. The fourth-order valence-corrected chi connectivity index (χ4v) is 4.55. The minimum atomic E-state index is -0.397. The number of para-hydroxylation sites is 2. The first-order chi connectivity index (χ1) is 10.7. The Kier molecular flexibility index (Phi) is 4.87. The number of aromatic amines is 1. The minimum Gasteiger partial charge on any atom is -0.391 e. The molecule has 2 N–H and O–H groups in total. The van der Waals surface area contributed by atoms with Crippen LogP contribution >= 0.6 is 35.8 Å². The van der Waals surface area contributed by atoms with Gasteiger partial charge in [0.25, 0.3) is 0 Å². The number of aliphatic hydroxyl groups is 1. The molecule has 0 saturated carbocycles. The van der Waals surface area contributed by atoms with Crippen LogP contribution < -0.4 is 0 Å². The van der Waals surface area contributed by atoms with Gasteiger partial charge < -0.3 is 10.1 Å². The normalized spacial score (nSPS) is 23.8. The number of nitrogens with one attached hydrogen (secondary N) is 1. The molecule has 0 spiro atoms. The SMILES string of the molecule is Cl.OC1CC(c2ccc(Cl)cc2)SC1c1nc2ccccc2[nH]1. The van der Waals surface area contributed by atoms with E-state index in [1.165, 1.54) is 5.56 Å². The van der Waals surface area contributed by atoms with Gasteiger partial charge >= 0.3 is 0 Å². The van der Waals surface area contributed by atoms with E-state index in [4.69, 9.17) is 11.6 Å². The fraction of sp³-hybridized carbons (Fsp3) is 0.235. The average molecular weight is 367 g/mol. The predicted molar refractivity (Wildman–Crippen MR) is 98.5 cm³/mol. The third-order valence-electron chi connectivity index (χ3n) is 4.03. The number of hydrogen-bond acceptors (Lipinski definition) is 3. The molecule has 6 heteroatoms. The van der Waals surface area contributed by atoms with Crippen LogP contribution in [0.1, 0.15) is 28.3 Å². The van der Waals surface area contributed by atoms with E-state index in [0.717, 1.165) is 28.3 Å². The molecule has 4 rings (SSSR count). The lowest BCUT2D eigenvalue weighted by Gasteiger charge is -2.10. The van der Waals surface area contributed by atoms with Gasteiger partial charge in [0, 0.05) is 10.3 Å². The third kappa shape index (κ3) is 3.22. The number of aliphatic hydroxyl groups excluding tert-OH is 1. The van der Waals surface area contributed by atoms with Crippen molar-refractivity contribution in [3.63, 3.8) is 0 Å². The second kappa shape index (κ2) is 6.73. The number of rotatable bonds is 2. The first-order valence-corrected chi connectivity index (χ1v) is 8.56. The minimum absolute atomic E-state index is 0. The highest BCUT2D eigenvalue weighted by Gasteiger charge is 2.37. The maximum Gasteiger partial charge on any atom is 0.123 e. The summed E-state index contributed by atoms with van der Waals surface area (Å²) in [7, 11) is 0. The Labute approximate surface area is 149 Å². The zero-order valence-electron chi connectivity index (χ0n) is 12.1. The third-order valence-corrected chi connectivity index (χ3v) is 5.91. The summed E-state index contributed by atoms with van der Waals surface area (Å²) in [5.41, 5.74) is 3.16. The lowest BCUT2D eigenvalue weighted by atomic mass is 10.0. The number of aromatic nitrogens is 2. The van der Waals surface area contributed by atoms with Crippen molar-refractivity contribution < 1.29 is 5.11 Å². The van der Waals surface area contributed by atoms with Crippen LogP contribution in [0, 0.1) is 0 Å². The Morgan fingerprint density at radius 1 is 1.13 bits per heavy atom. The highest BCUT2D eigenvalue weighted by atomic mass is 35.5. The van der Waals surface area contributed by atoms with Gasteiger partial charge in [0.15, 0.2) is 0 Å². The number of imidazole rings is 1. The van der Waals surface area contributed by atoms with E-state index in [1.807, 2.05) is 48.5 Å². The molecule has 1 aliphatic rings. The zero-order valence-corrected chi connectivity index (χ0v) is 14.5. The van der Waals surface area contributed by atoms with Gasteiger partial charge in [-0.15, -0.1) is 24.2 Å². The Morgan fingerprint density at radius 2 is 1.87 bits per heavy atom. The average Bonchev–Trinajstić information content (AvgIpc) is 3.11. The molecule has 1 aliphatic heterocycles. The molecule has 1 aromatic heterocycles. The van der Waals surface area contributed by atoms with Crippen LogP contribution in [-0.2, 0) is 0 Å². The van der Waals surface area contributed by atoms with Crippen molar-refractivity contribution in [1.29, 1.82) is 0 Å². The molecule has 0 bridgehead atoms. The van der Waals surface area contributed by atoms with E-state index in [2.05, 4.69) is 9.97 Å². The zero-order chi connectivity index (χ0) is 15.1. The molecule has 3 aromatic rings. The molecule has 3 atom stereocenters. The molecule has 1 saturated heterocycles. The van der Waals surface area contributed by atoms with Crippen LogP contribution in [0.3, 0.4) is 0 Å². The number of fused-ring (bicyclic) bond motifs is 1. The Hall–Kier alpha value is -1.20. The van der Waals surface area contributed by atoms with Gasteiger partial charge in [-0.05, 0) is 36.2 Å². The van der Waals surface area contributed by atoms with E-state index >= 15 is 0 Å². The first kappa shape index (κ1) is 16.7. The summed E-state index contributed by atoms with van der Waals surface area (Å²) in [6, 6.07) is 15.8. The van der Waals surface area contributed by atoms with E-state index < -0.39 is 6.10 Å². The molecule has 1 fully saturated rings. The predicted octanol–water partition coefficient (Wildman–Crippen LogP) is 4.92. The van der Waals surface area contributed by atoms with E-state index in [1.54, 1.807) is 11.8 Å². The number of halogens is 2. The number of hydrogen-bond donors (Lipinski definition) is 2. The highest BCUT2D eigenvalue weighted by molar-refractivity contribution is 8.00. The standard InChI is InChI=1S/C17H15ClN2OS.ClH/c18-11-7-5-10(6-8-11)15-9-14(21)16(22-15)17-19-12-3-1-2-4-13(12)20-17;/h1-8,14-16,21H,9H2,(H,19,20);1H. The van der Waals surface area contributed by atoms with Crippen LogP contribution in [0.2, 0.25) is 5.02 Å². The van der Waals surface area contributed by atoms with Crippen molar-refractivity contribution in [1.82, 2.24) is 9.97 Å². The van der Waals surface area contributed by atoms with Crippen LogP contribution in [0.15, 0.2) is 48.5 Å². The summed E-state index contributed by atoms with van der Waals surface area (Å²) in [6.45, 7) is 0. The summed E-state index contributed by atoms with van der Waals surface area (Å²) >= 11 is 7.70. The molecule has 3 unspecified atom stereocenters. The number of nitrogens with zero attached hydrogens (tertiary/aromatic N) is 1. The maximum atomic E-state index is 10.4. The van der Waals surface area contributed by atoms with Crippen LogP contribution in [0.25, 0.3) is 11.0 Å². The quantitative estimate of drug-likeness (QED) is 0.676. The summed E-state index contributed by atoms with van der Waals surface area (Å²) in [5, 5.41) is 11.4. The molecule has 0 amide bonds. The molecule has 0 radical (unpaired) electrons. The maximum absolute atomic E-state index is 10.4. The molecule has 120 valence electrons. The summed E-state index contributed by atoms with van der Waals surface area (Å²) in [6.07, 6.45) is 0.333. The van der Waals surface area contributed by atoms with Gasteiger partial charge in [-0.2, -0.15) is 0 Å². The van der Waals surface area contributed by atoms with Gasteiger partial charge in [0.1, 0.15) is 5.82 Å². The van der Waals surface area contributed by atoms with E-state index in [-0.39, 0.29) is 22.9 Å². The summed E-state index contributed by atoms with van der Waals surface area (Å²) < 4.78 is 0. The van der Waals surface area contributed by atoms with Crippen molar-refractivity contribution in [3.05, 3.63) is 64.9 Å². The topological polar surface area (TPSA) is 48.9 Å². The largest absolute Gasteiger partial charge is 0.391 e. The second-order valence-corrected chi connectivity index (χ2v) is 7.32. The first-order valence-electron chi connectivity index (χ1n) is 7.24. The monoisotopic (exact) mass is 366 g/mol. The van der Waals surface area contributed by atoms with Gasteiger partial charge in [0.2, 0.25) is 0 Å². The van der Waals surface area contributed by atoms with Crippen molar-refractivity contribution in [2.45, 2.75) is 23.0 Å². The number of benzene rings is 2. The number of H-pyrrole nitrogens is 1. The van der Waals surface area contributed by atoms with Crippen molar-refractivity contribution in [2.24, 2.45) is 0 Å². The van der Waals surface area contributed by atoms with Gasteiger partial charge in [-0.1, -0.05) is 35.9 Å². The lowest BCUT2D eigenvalue weighted by molar-refractivity contribution is 0.168. The van der Waals surface area contributed by atoms with Gasteiger partial charge in [-0.25, -0.2) is 4.98 Å². The molecular weight excluding hydrogens is 351 g/mol. The van der Waals surface area contributed by atoms with E-state index in [9.17, 15) is 5.11 Å². The van der Waals surface area contributed by atoms with Gasteiger partial charge in [-0.3, -0.25) is 0 Å². The molecule has 23 heavy (non-hydrogen) atoms. The van der Waals surface area contributed by atoms with Crippen molar-refractivity contribution in [3.8, 4) is 0 Å². The Morgan fingerprint density at radius 3 is 2.61 bits per heavy atom. The van der Waals surface area contributed by atoms with Crippen LogP contribution in [0.4, 0.5) is 0 Å². The van der Waals surface area contributed by atoms with Crippen molar-refractivity contribution in [2.75, 3.05) is 0 Å². The second-order valence-electron chi connectivity index (χ2n) is 5.54. The highest BCUT2D eigenvalue weighted by Crippen LogP contribution is 2.52. The molecule has 3 nitrogen and oxygen atoms in total. The molecule has 0 aliphatic carbocycles. The fourth-order valence-electron chi connectivity index (χ4n) is 2.91. The molecule has 2 aromatic carbocycles. The van der Waals surface area contributed by atoms with Gasteiger partial charge in [0.05, 0.1) is 22.4 Å². The Bertz CT molecular complexity index is 773. The number of thioether (sulfide) groups is 1. The lowest BCUT2D eigenvalue weighted by Crippen LogP contribution is -2.10. The Balaban J connectivity index is 0.00000156.